The van der Waals surface area contributed by atoms with Crippen molar-refractivity contribution in [1.82, 2.24) is 25.8 Å². The van der Waals surface area contributed by atoms with Crippen LogP contribution in [0.2, 0.25) is 0 Å². The van der Waals surface area contributed by atoms with Gasteiger partial charge in [0, 0.05) is 35.1 Å². The van der Waals surface area contributed by atoms with Crippen LogP contribution >= 0.6 is 11.3 Å². The molecule has 1 aliphatic carbocycles. The summed E-state index contributed by atoms with van der Waals surface area (Å²) in [7, 11) is 0. The van der Waals surface area contributed by atoms with Gasteiger partial charge in [0.15, 0.2) is 0 Å². The molecule has 2 heterocycles. The number of nitrogens with one attached hydrogen (secondary N) is 3. The van der Waals surface area contributed by atoms with E-state index in [-0.39, 0.29) is 6.03 Å². The van der Waals surface area contributed by atoms with Gasteiger partial charge in [-0.15, -0.1) is 11.3 Å². The molecule has 7 heteroatoms. The molecule has 0 unspecified atom stereocenters. The maximum atomic E-state index is 11.9. The number of thiazole rings is 1. The van der Waals surface area contributed by atoms with Gasteiger partial charge in [-0.3, -0.25) is 5.10 Å². The Labute approximate surface area is 133 Å². The number of aromatic amines is 1. The molecule has 2 aromatic rings. The van der Waals surface area contributed by atoms with Crippen molar-refractivity contribution < 1.29 is 4.79 Å². The second kappa shape index (κ2) is 6.48. The van der Waals surface area contributed by atoms with Crippen LogP contribution in [0.3, 0.4) is 0 Å². The number of amides is 2. The van der Waals surface area contributed by atoms with Gasteiger partial charge in [-0.1, -0.05) is 0 Å². The monoisotopic (exact) mass is 319 g/mol. The lowest BCUT2D eigenvalue weighted by Gasteiger charge is -2.21. The van der Waals surface area contributed by atoms with Crippen molar-refractivity contribution >= 4 is 17.4 Å². The van der Waals surface area contributed by atoms with E-state index >= 15 is 0 Å². The Bertz CT molecular complexity index is 663. The molecule has 0 aromatic carbocycles. The van der Waals surface area contributed by atoms with Crippen molar-refractivity contribution in [1.29, 1.82) is 0 Å². The molecule has 1 aliphatic rings. The number of nitrogens with zero attached hydrogens (tertiary/aromatic N) is 2. The summed E-state index contributed by atoms with van der Waals surface area (Å²) in [5.41, 5.74) is 3.18. The number of hydrogen-bond acceptors (Lipinski definition) is 4. The van der Waals surface area contributed by atoms with E-state index in [2.05, 4.69) is 25.8 Å². The molecular weight excluding hydrogens is 298 g/mol. The minimum Gasteiger partial charge on any atom is -0.337 e. The zero-order valence-corrected chi connectivity index (χ0v) is 13.7. The summed E-state index contributed by atoms with van der Waals surface area (Å²) in [6.45, 7) is 5.12. The van der Waals surface area contributed by atoms with Gasteiger partial charge in [0.05, 0.1) is 16.9 Å². The van der Waals surface area contributed by atoms with Crippen molar-refractivity contribution in [2.24, 2.45) is 0 Å². The highest BCUT2D eigenvalue weighted by Gasteiger charge is 2.24. The third-order valence-corrected chi connectivity index (χ3v) is 5.11. The Hall–Kier alpha value is -1.89. The van der Waals surface area contributed by atoms with Crippen LogP contribution in [0.1, 0.15) is 45.6 Å². The van der Waals surface area contributed by atoms with Gasteiger partial charge < -0.3 is 10.6 Å². The van der Waals surface area contributed by atoms with E-state index in [1.807, 2.05) is 13.8 Å². The van der Waals surface area contributed by atoms with Crippen molar-refractivity contribution in [2.75, 3.05) is 6.54 Å². The number of H-pyrrole nitrogens is 1. The molecule has 3 N–H and O–H groups in total. The van der Waals surface area contributed by atoms with E-state index in [1.165, 1.54) is 17.0 Å². The number of rotatable bonds is 4. The Morgan fingerprint density at radius 1 is 1.45 bits per heavy atom. The van der Waals surface area contributed by atoms with Gasteiger partial charge in [0.2, 0.25) is 0 Å². The quantitative estimate of drug-likeness (QED) is 0.809. The number of fused-ring (bicyclic) bond motifs is 1. The third kappa shape index (κ3) is 3.30. The van der Waals surface area contributed by atoms with Crippen LogP contribution in [-0.4, -0.2) is 27.8 Å². The first kappa shape index (κ1) is 15.0. The van der Waals surface area contributed by atoms with E-state index in [0.717, 1.165) is 29.1 Å². The molecule has 22 heavy (non-hydrogen) atoms. The summed E-state index contributed by atoms with van der Waals surface area (Å²) in [4.78, 5) is 18.0. The molecule has 0 saturated heterocycles. The van der Waals surface area contributed by atoms with Gasteiger partial charge in [-0.2, -0.15) is 5.10 Å². The lowest BCUT2D eigenvalue weighted by Crippen LogP contribution is -2.38. The Morgan fingerprint density at radius 3 is 3.09 bits per heavy atom. The summed E-state index contributed by atoms with van der Waals surface area (Å²) < 4.78 is 0. The predicted molar refractivity (Wildman–Crippen MR) is 86.1 cm³/mol. The number of aryl methyl sites for hydroxylation is 3. The Balaban J connectivity index is 1.50. The van der Waals surface area contributed by atoms with Crippen LogP contribution in [0, 0.1) is 13.8 Å². The van der Waals surface area contributed by atoms with Crippen LogP contribution in [0.25, 0.3) is 0 Å². The second-order valence-corrected chi connectivity index (χ2v) is 7.00. The van der Waals surface area contributed by atoms with Gasteiger partial charge in [-0.05, 0) is 33.1 Å². The van der Waals surface area contributed by atoms with Gasteiger partial charge in [-0.25, -0.2) is 9.78 Å². The van der Waals surface area contributed by atoms with E-state index in [9.17, 15) is 4.79 Å². The van der Waals surface area contributed by atoms with Gasteiger partial charge in [0.1, 0.15) is 0 Å². The fourth-order valence-electron chi connectivity index (χ4n) is 2.84. The number of hydrogen-bond donors (Lipinski definition) is 3. The predicted octanol–water partition coefficient (Wildman–Crippen LogP) is 2.40. The highest BCUT2D eigenvalue weighted by molar-refractivity contribution is 7.11. The first-order valence-corrected chi connectivity index (χ1v) is 8.42. The first-order valence-electron chi connectivity index (χ1n) is 7.60. The minimum atomic E-state index is -0.139. The molecule has 0 saturated carbocycles. The molecule has 0 bridgehead atoms. The van der Waals surface area contributed by atoms with Crippen molar-refractivity contribution in [3.05, 3.63) is 33.0 Å². The lowest BCUT2D eigenvalue weighted by atomic mass is 9.91. The average molecular weight is 319 g/mol. The van der Waals surface area contributed by atoms with Crippen LogP contribution in [-0.2, 0) is 13.0 Å². The first-order chi connectivity index (χ1) is 10.6. The topological polar surface area (TPSA) is 82.7 Å². The Morgan fingerprint density at radius 2 is 2.32 bits per heavy atom. The highest BCUT2D eigenvalue weighted by Crippen LogP contribution is 2.34. The van der Waals surface area contributed by atoms with Crippen LogP contribution in [0.15, 0.2) is 6.20 Å². The molecule has 0 aliphatic heterocycles. The molecule has 1 atom stereocenters. The highest BCUT2D eigenvalue weighted by atomic mass is 32.1. The fourth-order valence-corrected chi connectivity index (χ4v) is 3.90. The summed E-state index contributed by atoms with van der Waals surface area (Å²) in [6, 6.07) is -0.139. The SMILES string of the molecule is Cc1nc2c(s1)CCC[C@H]2CNC(=O)NCc1cn[nH]c1C. The molecule has 0 fully saturated rings. The summed E-state index contributed by atoms with van der Waals surface area (Å²) in [6.07, 6.45) is 5.14. The van der Waals surface area contributed by atoms with Crippen molar-refractivity contribution in [3.63, 3.8) is 0 Å². The van der Waals surface area contributed by atoms with Gasteiger partial charge in [0.25, 0.3) is 0 Å². The van der Waals surface area contributed by atoms with E-state index in [0.29, 0.717) is 19.0 Å². The molecule has 0 spiro atoms. The summed E-state index contributed by atoms with van der Waals surface area (Å²) in [5, 5.41) is 13.8. The second-order valence-electron chi connectivity index (χ2n) is 5.71. The number of aromatic nitrogens is 3. The van der Waals surface area contributed by atoms with Crippen LogP contribution in [0.5, 0.6) is 0 Å². The normalized spacial score (nSPS) is 17.1. The van der Waals surface area contributed by atoms with E-state index in [4.69, 9.17) is 0 Å². The number of carbonyl (C=O) groups excluding carboxylic acids is 1. The smallest absolute Gasteiger partial charge is 0.315 e. The van der Waals surface area contributed by atoms with Crippen LogP contribution < -0.4 is 10.6 Å². The Kier molecular flexibility index (Phi) is 4.42. The third-order valence-electron chi connectivity index (χ3n) is 4.06. The van der Waals surface area contributed by atoms with Gasteiger partial charge >= 0.3 is 6.03 Å². The van der Waals surface area contributed by atoms with Crippen molar-refractivity contribution in [2.45, 2.75) is 45.6 Å². The molecule has 2 amide bonds. The molecule has 0 radical (unpaired) electrons. The largest absolute Gasteiger partial charge is 0.337 e. The fraction of sp³-hybridized carbons (Fsp3) is 0.533. The number of urea groups is 1. The minimum absolute atomic E-state index is 0.139. The summed E-state index contributed by atoms with van der Waals surface area (Å²) >= 11 is 1.79. The maximum absolute atomic E-state index is 11.9. The van der Waals surface area contributed by atoms with E-state index < -0.39 is 0 Å². The molecule has 6 nitrogen and oxygen atoms in total. The zero-order chi connectivity index (χ0) is 15.5. The lowest BCUT2D eigenvalue weighted by molar-refractivity contribution is 0.239. The maximum Gasteiger partial charge on any atom is 0.315 e. The standard InChI is InChI=1S/C15H21N5OS/c1-9-12(8-18-20-9)7-17-15(21)16-6-11-4-3-5-13-14(11)19-10(2)22-13/h8,11H,3-7H2,1-2H3,(H,18,20)(H2,16,17,21)/t11-/m0/s1. The molecular formula is C15H21N5OS. The number of carbonyl (C=O) groups is 1. The summed E-state index contributed by atoms with van der Waals surface area (Å²) in [5.74, 6) is 0.343. The molecule has 2 aromatic heterocycles. The van der Waals surface area contributed by atoms with Crippen molar-refractivity contribution in [3.8, 4) is 0 Å². The van der Waals surface area contributed by atoms with E-state index in [1.54, 1.807) is 17.5 Å². The van der Waals surface area contributed by atoms with Crippen LogP contribution in [0.4, 0.5) is 4.79 Å². The molecule has 3 rings (SSSR count). The average Bonchev–Trinajstić information content (AvgIpc) is 3.07. The molecule has 118 valence electrons. The zero-order valence-electron chi connectivity index (χ0n) is 12.9.